The first-order chi connectivity index (χ1) is 15.0. The molecule has 1 fully saturated rings. The van der Waals surface area contributed by atoms with Crippen LogP contribution in [0.3, 0.4) is 0 Å². The van der Waals surface area contributed by atoms with Gasteiger partial charge in [0, 0.05) is 31.1 Å². The SMILES string of the molecule is CC(=O)Nc1ccc(CC(=O)Nc2c(C(=O)N3CCOCC3)oc3ccccc23)cc1. The molecule has 0 radical (unpaired) electrons. The molecular formula is C23H23N3O5. The van der Waals surface area contributed by atoms with Gasteiger partial charge in [-0.25, -0.2) is 0 Å². The molecular weight excluding hydrogens is 398 g/mol. The van der Waals surface area contributed by atoms with Crippen LogP contribution < -0.4 is 10.6 Å². The Morgan fingerprint density at radius 1 is 0.968 bits per heavy atom. The first kappa shape index (κ1) is 20.6. The molecule has 3 amide bonds. The molecule has 160 valence electrons. The largest absolute Gasteiger partial charge is 0.449 e. The van der Waals surface area contributed by atoms with Gasteiger partial charge in [0.15, 0.2) is 0 Å². The van der Waals surface area contributed by atoms with E-state index in [0.717, 1.165) is 5.56 Å². The fourth-order valence-electron chi connectivity index (χ4n) is 3.51. The molecule has 2 heterocycles. The summed E-state index contributed by atoms with van der Waals surface area (Å²) in [4.78, 5) is 38.6. The molecule has 2 N–H and O–H groups in total. The van der Waals surface area contributed by atoms with E-state index >= 15 is 0 Å². The van der Waals surface area contributed by atoms with Crippen molar-refractivity contribution in [3.05, 3.63) is 59.9 Å². The summed E-state index contributed by atoms with van der Waals surface area (Å²) >= 11 is 0. The average Bonchev–Trinajstić information content (AvgIpc) is 3.13. The van der Waals surface area contributed by atoms with Crippen LogP contribution in [0.5, 0.6) is 0 Å². The predicted octanol–water partition coefficient (Wildman–Crippen LogP) is 3.04. The number of hydrogen-bond acceptors (Lipinski definition) is 5. The van der Waals surface area contributed by atoms with Gasteiger partial charge in [-0.05, 0) is 29.8 Å². The summed E-state index contributed by atoms with van der Waals surface area (Å²) in [5.74, 6) is -0.573. The number of amides is 3. The Morgan fingerprint density at radius 3 is 2.39 bits per heavy atom. The lowest BCUT2D eigenvalue weighted by Gasteiger charge is -2.26. The monoisotopic (exact) mass is 421 g/mol. The van der Waals surface area contributed by atoms with E-state index in [2.05, 4.69) is 10.6 Å². The number of furan rings is 1. The van der Waals surface area contributed by atoms with Crippen LogP contribution in [0.15, 0.2) is 52.9 Å². The van der Waals surface area contributed by atoms with Crippen LogP contribution in [0, 0.1) is 0 Å². The average molecular weight is 421 g/mol. The number of ether oxygens (including phenoxy) is 1. The number of carbonyl (C=O) groups is 3. The molecule has 0 spiro atoms. The smallest absolute Gasteiger partial charge is 0.291 e. The first-order valence-corrected chi connectivity index (χ1v) is 10.1. The molecule has 3 aromatic rings. The number of carbonyl (C=O) groups excluding carboxylic acids is 3. The Kier molecular flexibility index (Phi) is 5.99. The van der Waals surface area contributed by atoms with Crippen molar-refractivity contribution in [2.45, 2.75) is 13.3 Å². The van der Waals surface area contributed by atoms with Crippen molar-refractivity contribution >= 4 is 40.1 Å². The zero-order valence-corrected chi connectivity index (χ0v) is 17.1. The Hall–Kier alpha value is -3.65. The molecule has 0 unspecified atom stereocenters. The van der Waals surface area contributed by atoms with Crippen LogP contribution in [0.4, 0.5) is 11.4 Å². The number of nitrogens with zero attached hydrogens (tertiary/aromatic N) is 1. The van der Waals surface area contributed by atoms with E-state index in [4.69, 9.17) is 9.15 Å². The van der Waals surface area contributed by atoms with Crippen molar-refractivity contribution in [1.82, 2.24) is 4.90 Å². The minimum atomic E-state index is -0.269. The normalized spacial score (nSPS) is 13.8. The van der Waals surface area contributed by atoms with Crippen molar-refractivity contribution < 1.29 is 23.5 Å². The third-order valence-corrected chi connectivity index (χ3v) is 4.99. The second-order valence-electron chi connectivity index (χ2n) is 7.31. The molecule has 0 bridgehead atoms. The van der Waals surface area contributed by atoms with Gasteiger partial charge >= 0.3 is 0 Å². The van der Waals surface area contributed by atoms with Gasteiger partial charge in [0.2, 0.25) is 17.6 Å². The zero-order chi connectivity index (χ0) is 21.8. The van der Waals surface area contributed by atoms with Gasteiger partial charge in [-0.1, -0.05) is 24.3 Å². The van der Waals surface area contributed by atoms with Gasteiger partial charge < -0.3 is 24.7 Å². The summed E-state index contributed by atoms with van der Waals surface area (Å²) in [5, 5.41) is 6.23. The molecule has 8 heteroatoms. The molecule has 0 atom stereocenters. The fraction of sp³-hybridized carbons (Fsp3) is 0.261. The number of nitrogens with one attached hydrogen (secondary N) is 2. The molecule has 31 heavy (non-hydrogen) atoms. The summed E-state index contributed by atoms with van der Waals surface area (Å²) in [6, 6.07) is 14.3. The molecule has 1 aliphatic rings. The number of benzene rings is 2. The van der Waals surface area contributed by atoms with E-state index in [0.29, 0.717) is 48.6 Å². The number of hydrogen-bond donors (Lipinski definition) is 2. The van der Waals surface area contributed by atoms with Crippen LogP contribution >= 0.6 is 0 Å². The molecule has 0 aliphatic carbocycles. The second kappa shape index (κ2) is 9.01. The fourth-order valence-corrected chi connectivity index (χ4v) is 3.51. The summed E-state index contributed by atoms with van der Waals surface area (Å²) in [6.45, 7) is 3.34. The van der Waals surface area contributed by atoms with Gasteiger partial charge in [0.25, 0.3) is 5.91 Å². The summed E-state index contributed by atoms with van der Waals surface area (Å²) < 4.78 is 11.1. The van der Waals surface area contributed by atoms with Crippen molar-refractivity contribution in [2.75, 3.05) is 36.9 Å². The standard InChI is InChI=1S/C23H23N3O5/c1-15(27)24-17-8-6-16(7-9-17)14-20(28)25-21-18-4-2-3-5-19(18)31-22(21)23(29)26-10-12-30-13-11-26/h2-9H,10-14H2,1H3,(H,24,27)(H,25,28). The highest BCUT2D eigenvalue weighted by atomic mass is 16.5. The van der Waals surface area contributed by atoms with Gasteiger partial charge in [-0.3, -0.25) is 14.4 Å². The van der Waals surface area contributed by atoms with Crippen LogP contribution in [0.25, 0.3) is 11.0 Å². The Morgan fingerprint density at radius 2 is 1.68 bits per heavy atom. The number of rotatable bonds is 5. The lowest BCUT2D eigenvalue weighted by molar-refractivity contribution is -0.116. The Bertz CT molecular complexity index is 1110. The molecule has 1 aromatic heterocycles. The highest BCUT2D eigenvalue weighted by molar-refractivity contribution is 6.11. The van der Waals surface area contributed by atoms with E-state index < -0.39 is 0 Å². The lowest BCUT2D eigenvalue weighted by Crippen LogP contribution is -2.40. The maximum atomic E-state index is 13.0. The molecule has 4 rings (SSSR count). The molecule has 0 saturated carbocycles. The maximum Gasteiger partial charge on any atom is 0.291 e. The third-order valence-electron chi connectivity index (χ3n) is 4.99. The highest BCUT2D eigenvalue weighted by Crippen LogP contribution is 2.32. The van der Waals surface area contributed by atoms with Gasteiger partial charge in [-0.2, -0.15) is 0 Å². The van der Waals surface area contributed by atoms with E-state index in [-0.39, 0.29) is 29.9 Å². The number of fused-ring (bicyclic) bond motifs is 1. The third kappa shape index (κ3) is 4.75. The van der Waals surface area contributed by atoms with E-state index in [1.54, 1.807) is 35.2 Å². The van der Waals surface area contributed by atoms with Crippen LogP contribution in [0.1, 0.15) is 23.0 Å². The summed E-state index contributed by atoms with van der Waals surface area (Å²) in [7, 11) is 0. The zero-order valence-electron chi connectivity index (χ0n) is 17.1. The number of morpholine rings is 1. The van der Waals surface area contributed by atoms with Gasteiger partial charge in [-0.15, -0.1) is 0 Å². The Labute approximate surface area is 179 Å². The molecule has 2 aromatic carbocycles. The van der Waals surface area contributed by atoms with E-state index in [1.807, 2.05) is 18.2 Å². The minimum absolute atomic E-state index is 0.116. The van der Waals surface area contributed by atoms with E-state index in [1.165, 1.54) is 6.92 Å². The van der Waals surface area contributed by atoms with Crippen molar-refractivity contribution in [1.29, 1.82) is 0 Å². The quantitative estimate of drug-likeness (QED) is 0.660. The van der Waals surface area contributed by atoms with Crippen LogP contribution in [-0.4, -0.2) is 48.9 Å². The number of anilines is 2. The highest BCUT2D eigenvalue weighted by Gasteiger charge is 2.27. The summed E-state index contributed by atoms with van der Waals surface area (Å²) in [5.41, 5.74) is 2.36. The second-order valence-corrected chi connectivity index (χ2v) is 7.31. The van der Waals surface area contributed by atoms with Crippen molar-refractivity contribution in [3.63, 3.8) is 0 Å². The Balaban J connectivity index is 1.54. The number of para-hydroxylation sites is 1. The van der Waals surface area contributed by atoms with Crippen molar-refractivity contribution in [3.8, 4) is 0 Å². The van der Waals surface area contributed by atoms with Gasteiger partial charge in [0.05, 0.1) is 19.6 Å². The molecule has 1 saturated heterocycles. The minimum Gasteiger partial charge on any atom is -0.449 e. The van der Waals surface area contributed by atoms with Gasteiger partial charge in [0.1, 0.15) is 11.3 Å². The summed E-state index contributed by atoms with van der Waals surface area (Å²) in [6.07, 6.45) is 0.116. The predicted molar refractivity (Wildman–Crippen MR) is 116 cm³/mol. The van der Waals surface area contributed by atoms with Crippen LogP contribution in [0.2, 0.25) is 0 Å². The van der Waals surface area contributed by atoms with E-state index in [9.17, 15) is 14.4 Å². The molecule has 1 aliphatic heterocycles. The topological polar surface area (TPSA) is 101 Å². The molecule has 8 nitrogen and oxygen atoms in total. The maximum absolute atomic E-state index is 13.0. The first-order valence-electron chi connectivity index (χ1n) is 10.1. The van der Waals surface area contributed by atoms with Crippen LogP contribution in [-0.2, 0) is 20.7 Å². The van der Waals surface area contributed by atoms with Crippen molar-refractivity contribution in [2.24, 2.45) is 0 Å². The lowest BCUT2D eigenvalue weighted by atomic mass is 10.1.